The SMILES string of the molecule is COCCN(Cc1c(-c2ccccc2)noc1N1CCCCC1)C[C@H](O)COC(C)C. The van der Waals surface area contributed by atoms with Crippen LogP contribution in [0.1, 0.15) is 38.7 Å². The highest BCUT2D eigenvalue weighted by atomic mass is 16.5. The molecule has 2 heterocycles. The molecular formula is C24H37N3O4. The van der Waals surface area contributed by atoms with Gasteiger partial charge in [-0.3, -0.25) is 4.90 Å². The van der Waals surface area contributed by atoms with Gasteiger partial charge in [0.2, 0.25) is 5.88 Å². The summed E-state index contributed by atoms with van der Waals surface area (Å²) in [7, 11) is 1.70. The van der Waals surface area contributed by atoms with E-state index in [1.165, 1.54) is 19.3 Å². The molecule has 172 valence electrons. The molecule has 7 nitrogen and oxygen atoms in total. The first-order chi connectivity index (χ1) is 15.1. The number of aromatic nitrogens is 1. The molecule has 7 heteroatoms. The molecule has 1 saturated heterocycles. The minimum absolute atomic E-state index is 0.0931. The molecule has 0 spiro atoms. The number of aliphatic hydroxyl groups is 1. The van der Waals surface area contributed by atoms with E-state index in [0.717, 1.165) is 35.8 Å². The molecule has 3 rings (SSSR count). The Morgan fingerprint density at radius 3 is 2.58 bits per heavy atom. The molecule has 1 atom stereocenters. The summed E-state index contributed by atoms with van der Waals surface area (Å²) in [5, 5.41) is 15.0. The largest absolute Gasteiger partial charge is 0.389 e. The Hall–Kier alpha value is -1.93. The zero-order chi connectivity index (χ0) is 22.1. The molecular weight excluding hydrogens is 394 g/mol. The number of piperidine rings is 1. The lowest BCUT2D eigenvalue weighted by Crippen LogP contribution is -2.37. The van der Waals surface area contributed by atoms with Crippen LogP contribution in [0, 0.1) is 0 Å². The molecule has 1 aromatic carbocycles. The number of aliphatic hydroxyl groups excluding tert-OH is 1. The van der Waals surface area contributed by atoms with Crippen molar-refractivity contribution in [2.45, 2.75) is 51.9 Å². The van der Waals surface area contributed by atoms with Crippen LogP contribution in [-0.4, -0.2) is 73.9 Å². The molecule has 2 aromatic rings. The van der Waals surface area contributed by atoms with Crippen LogP contribution in [0.4, 0.5) is 5.88 Å². The van der Waals surface area contributed by atoms with Gasteiger partial charge in [-0.1, -0.05) is 35.5 Å². The van der Waals surface area contributed by atoms with Gasteiger partial charge in [-0.15, -0.1) is 0 Å². The van der Waals surface area contributed by atoms with Crippen LogP contribution < -0.4 is 4.90 Å². The van der Waals surface area contributed by atoms with Gasteiger partial charge in [0, 0.05) is 45.4 Å². The summed E-state index contributed by atoms with van der Waals surface area (Å²) in [5.41, 5.74) is 2.98. The zero-order valence-electron chi connectivity index (χ0n) is 19.1. The topological polar surface area (TPSA) is 71.2 Å². The van der Waals surface area contributed by atoms with Crippen molar-refractivity contribution in [1.29, 1.82) is 0 Å². The number of benzene rings is 1. The Morgan fingerprint density at radius 2 is 1.90 bits per heavy atom. The lowest BCUT2D eigenvalue weighted by atomic mass is 10.1. The fraction of sp³-hybridized carbons (Fsp3) is 0.625. The molecule has 31 heavy (non-hydrogen) atoms. The van der Waals surface area contributed by atoms with Gasteiger partial charge in [0.25, 0.3) is 0 Å². The molecule has 0 amide bonds. The summed E-state index contributed by atoms with van der Waals surface area (Å²) >= 11 is 0. The fourth-order valence-corrected chi connectivity index (χ4v) is 3.94. The van der Waals surface area contributed by atoms with E-state index in [-0.39, 0.29) is 6.10 Å². The van der Waals surface area contributed by atoms with E-state index in [4.69, 9.17) is 14.0 Å². The van der Waals surface area contributed by atoms with Gasteiger partial charge >= 0.3 is 0 Å². The van der Waals surface area contributed by atoms with Gasteiger partial charge in [-0.05, 0) is 33.1 Å². The van der Waals surface area contributed by atoms with Gasteiger partial charge in [0.05, 0.1) is 31.0 Å². The first kappa shape index (κ1) is 23.7. The molecule has 1 aromatic heterocycles. The van der Waals surface area contributed by atoms with Crippen LogP contribution in [-0.2, 0) is 16.0 Å². The van der Waals surface area contributed by atoms with E-state index in [2.05, 4.69) is 27.1 Å². The first-order valence-corrected chi connectivity index (χ1v) is 11.4. The van der Waals surface area contributed by atoms with Crippen LogP contribution >= 0.6 is 0 Å². The third-order valence-corrected chi connectivity index (χ3v) is 5.54. The number of methoxy groups -OCH3 is 1. The Morgan fingerprint density at radius 1 is 1.16 bits per heavy atom. The summed E-state index contributed by atoms with van der Waals surface area (Å²) in [6.45, 7) is 8.65. The van der Waals surface area contributed by atoms with Gasteiger partial charge in [-0.25, -0.2) is 0 Å². The molecule has 0 unspecified atom stereocenters. The average Bonchev–Trinajstić information content (AvgIpc) is 3.20. The Labute approximate surface area is 185 Å². The summed E-state index contributed by atoms with van der Waals surface area (Å²) in [5.74, 6) is 0.855. The number of ether oxygens (including phenoxy) is 2. The van der Waals surface area contributed by atoms with Gasteiger partial charge in [0.1, 0.15) is 5.69 Å². The third-order valence-electron chi connectivity index (χ3n) is 5.54. The molecule has 1 N–H and O–H groups in total. The van der Waals surface area contributed by atoms with E-state index in [9.17, 15) is 5.11 Å². The average molecular weight is 432 g/mol. The summed E-state index contributed by atoms with van der Waals surface area (Å²) < 4.78 is 16.8. The monoisotopic (exact) mass is 431 g/mol. The lowest BCUT2D eigenvalue weighted by Gasteiger charge is -2.29. The Bertz CT molecular complexity index is 759. The predicted octanol–water partition coefficient (Wildman–Crippen LogP) is 3.57. The van der Waals surface area contributed by atoms with Crippen molar-refractivity contribution in [3.05, 3.63) is 35.9 Å². The predicted molar refractivity (Wildman–Crippen MR) is 122 cm³/mol. The van der Waals surface area contributed by atoms with Crippen LogP contribution in [0.5, 0.6) is 0 Å². The standard InChI is InChI=1S/C24H37N3O4/c1-19(2)30-18-21(28)16-26(14-15-29-3)17-22-23(20-10-6-4-7-11-20)25-31-24(22)27-12-8-5-9-13-27/h4,6-7,10-11,19,21,28H,5,8-9,12-18H2,1-3H3/t21-/m0/s1. The van der Waals surface area contributed by atoms with Crippen molar-refractivity contribution in [2.24, 2.45) is 0 Å². The lowest BCUT2D eigenvalue weighted by molar-refractivity contribution is -0.0121. The van der Waals surface area contributed by atoms with Crippen LogP contribution in [0.25, 0.3) is 11.3 Å². The van der Waals surface area contributed by atoms with E-state index in [0.29, 0.717) is 32.8 Å². The van der Waals surface area contributed by atoms with Crippen LogP contribution in [0.2, 0.25) is 0 Å². The first-order valence-electron chi connectivity index (χ1n) is 11.4. The van der Waals surface area contributed by atoms with Crippen molar-refractivity contribution in [3.63, 3.8) is 0 Å². The number of nitrogens with zero attached hydrogens (tertiary/aromatic N) is 3. The Kier molecular flexibility index (Phi) is 9.33. The summed E-state index contributed by atoms with van der Waals surface area (Å²) in [6.07, 6.45) is 3.11. The van der Waals surface area contributed by atoms with E-state index < -0.39 is 6.10 Å². The molecule has 0 saturated carbocycles. The number of hydrogen-bond donors (Lipinski definition) is 1. The zero-order valence-corrected chi connectivity index (χ0v) is 19.1. The van der Waals surface area contributed by atoms with Gasteiger partial charge in [0.15, 0.2) is 0 Å². The van der Waals surface area contributed by atoms with Crippen molar-refractivity contribution in [3.8, 4) is 11.3 Å². The van der Waals surface area contributed by atoms with E-state index in [1.54, 1.807) is 7.11 Å². The Balaban J connectivity index is 1.84. The minimum Gasteiger partial charge on any atom is -0.389 e. The highest BCUT2D eigenvalue weighted by Gasteiger charge is 2.26. The third kappa shape index (κ3) is 7.04. The second kappa shape index (κ2) is 12.2. The van der Waals surface area contributed by atoms with E-state index >= 15 is 0 Å². The van der Waals surface area contributed by atoms with Crippen molar-refractivity contribution in [2.75, 3.05) is 51.4 Å². The van der Waals surface area contributed by atoms with Crippen LogP contribution in [0.3, 0.4) is 0 Å². The van der Waals surface area contributed by atoms with Gasteiger partial charge < -0.3 is 24.0 Å². The molecule has 1 aliphatic heterocycles. The minimum atomic E-state index is -0.572. The highest BCUT2D eigenvalue weighted by Crippen LogP contribution is 2.33. The maximum atomic E-state index is 10.5. The number of hydrogen-bond acceptors (Lipinski definition) is 7. The van der Waals surface area contributed by atoms with Crippen molar-refractivity contribution >= 4 is 5.88 Å². The summed E-state index contributed by atoms with van der Waals surface area (Å²) in [4.78, 5) is 4.51. The molecule has 1 aliphatic rings. The quantitative estimate of drug-likeness (QED) is 0.551. The maximum absolute atomic E-state index is 10.5. The molecule has 0 aliphatic carbocycles. The number of rotatable bonds is 12. The molecule has 0 radical (unpaired) electrons. The van der Waals surface area contributed by atoms with Gasteiger partial charge in [-0.2, -0.15) is 0 Å². The van der Waals surface area contributed by atoms with Crippen molar-refractivity contribution in [1.82, 2.24) is 10.1 Å². The van der Waals surface area contributed by atoms with Crippen molar-refractivity contribution < 1.29 is 19.1 Å². The molecule has 1 fully saturated rings. The normalized spacial score (nSPS) is 15.7. The highest BCUT2D eigenvalue weighted by molar-refractivity contribution is 5.68. The second-order valence-corrected chi connectivity index (χ2v) is 8.49. The smallest absolute Gasteiger partial charge is 0.232 e. The van der Waals surface area contributed by atoms with E-state index in [1.807, 2.05) is 32.0 Å². The maximum Gasteiger partial charge on any atom is 0.232 e. The number of anilines is 1. The fourth-order valence-electron chi connectivity index (χ4n) is 3.94. The summed E-state index contributed by atoms with van der Waals surface area (Å²) in [6, 6.07) is 10.2. The second-order valence-electron chi connectivity index (χ2n) is 8.49. The molecule has 0 bridgehead atoms. The van der Waals surface area contributed by atoms with Crippen LogP contribution in [0.15, 0.2) is 34.9 Å².